The second-order valence-corrected chi connectivity index (χ2v) is 8.73. The van der Waals surface area contributed by atoms with E-state index in [-0.39, 0.29) is 18.3 Å². The van der Waals surface area contributed by atoms with Gasteiger partial charge in [-0.05, 0) is 79.7 Å². The van der Waals surface area contributed by atoms with Gasteiger partial charge in [-0.1, -0.05) is 41.4 Å². The molecule has 6 nitrogen and oxygen atoms in total. The van der Waals surface area contributed by atoms with Gasteiger partial charge in [-0.15, -0.1) is 0 Å². The number of para-hydroxylation sites is 1. The summed E-state index contributed by atoms with van der Waals surface area (Å²) in [6, 6.07) is 17.2. The summed E-state index contributed by atoms with van der Waals surface area (Å²) >= 11 is 18.1. The first kappa shape index (κ1) is 26.5. The third-order valence-corrected chi connectivity index (χ3v) is 6.07. The number of methoxy groups -OCH3 is 1. The molecule has 0 bridgehead atoms. The molecule has 0 spiro atoms. The number of nitrogens with one attached hydrogen (secondary N) is 1. The monoisotopic (exact) mass is 530 g/mol. The minimum absolute atomic E-state index is 0.147. The van der Waals surface area contributed by atoms with Crippen LogP contribution in [-0.2, 0) is 11.3 Å². The average Bonchev–Trinajstić information content (AvgIpc) is 2.83. The van der Waals surface area contributed by atoms with Crippen molar-refractivity contribution in [3.05, 3.63) is 93.0 Å². The first-order chi connectivity index (χ1) is 16.7. The van der Waals surface area contributed by atoms with Crippen LogP contribution in [0.4, 0.5) is 5.69 Å². The second kappa shape index (κ2) is 12.0. The largest absolute Gasteiger partial charge is 0.496 e. The molecule has 0 aliphatic carbocycles. The van der Waals surface area contributed by atoms with Crippen molar-refractivity contribution < 1.29 is 19.1 Å². The molecule has 0 radical (unpaired) electrons. The van der Waals surface area contributed by atoms with Crippen LogP contribution in [-0.4, -0.2) is 30.7 Å². The van der Waals surface area contributed by atoms with Crippen LogP contribution in [0, 0.1) is 6.92 Å². The minimum Gasteiger partial charge on any atom is -0.496 e. The van der Waals surface area contributed by atoms with Gasteiger partial charge in [0.15, 0.2) is 5.11 Å². The summed E-state index contributed by atoms with van der Waals surface area (Å²) in [4.78, 5) is 26.9. The topological polar surface area (TPSA) is 67.9 Å². The van der Waals surface area contributed by atoms with E-state index in [1.165, 1.54) is 7.11 Å². The van der Waals surface area contributed by atoms with Gasteiger partial charge in [-0.3, -0.25) is 10.1 Å². The fourth-order valence-electron chi connectivity index (χ4n) is 3.43. The average molecular weight is 531 g/mol. The van der Waals surface area contributed by atoms with E-state index in [9.17, 15) is 9.59 Å². The molecule has 1 N–H and O–H groups in total. The van der Waals surface area contributed by atoms with Gasteiger partial charge >= 0.3 is 5.97 Å². The Bertz CT molecular complexity index is 1250. The molecule has 1 amide bonds. The molecule has 0 fully saturated rings. The Morgan fingerprint density at radius 1 is 1.06 bits per heavy atom. The zero-order valence-corrected chi connectivity index (χ0v) is 21.8. The van der Waals surface area contributed by atoms with Crippen LogP contribution < -0.4 is 15.0 Å². The fourth-order valence-corrected chi connectivity index (χ4v) is 4.16. The van der Waals surface area contributed by atoms with E-state index in [1.807, 2.05) is 13.0 Å². The highest BCUT2D eigenvalue weighted by atomic mass is 35.5. The number of carbonyl (C=O) groups is 2. The van der Waals surface area contributed by atoms with Gasteiger partial charge in [-0.25, -0.2) is 4.79 Å². The molecule has 0 heterocycles. The summed E-state index contributed by atoms with van der Waals surface area (Å²) in [6.07, 6.45) is 0. The van der Waals surface area contributed by atoms with Crippen molar-refractivity contribution in [1.29, 1.82) is 0 Å². The number of ether oxygens (including phenoxy) is 2. The summed E-state index contributed by atoms with van der Waals surface area (Å²) in [5.74, 6) is -0.362. The quantitative estimate of drug-likeness (QED) is 0.289. The van der Waals surface area contributed by atoms with E-state index >= 15 is 0 Å². The Hall–Kier alpha value is -3.13. The minimum atomic E-state index is -0.422. The first-order valence-electron chi connectivity index (χ1n) is 10.7. The zero-order valence-electron chi connectivity index (χ0n) is 19.4. The molecule has 35 heavy (non-hydrogen) atoms. The van der Waals surface area contributed by atoms with Crippen molar-refractivity contribution in [2.45, 2.75) is 20.4 Å². The SMILES string of the molecule is CCOC(=O)c1ccc(N(Cc2ccc(Cl)cc2Cl)C(=S)NC(=O)c2cccc(C)c2OC)cc1. The maximum Gasteiger partial charge on any atom is 0.338 e. The van der Waals surface area contributed by atoms with Crippen molar-refractivity contribution in [3.63, 3.8) is 0 Å². The van der Waals surface area contributed by atoms with Crippen molar-refractivity contribution in [1.82, 2.24) is 5.32 Å². The molecule has 3 aromatic rings. The first-order valence-corrected chi connectivity index (χ1v) is 11.9. The van der Waals surface area contributed by atoms with Gasteiger partial charge in [0, 0.05) is 15.7 Å². The van der Waals surface area contributed by atoms with Crippen molar-refractivity contribution in [2.75, 3.05) is 18.6 Å². The summed E-state index contributed by atoms with van der Waals surface area (Å²) in [7, 11) is 1.51. The Kier molecular flexibility index (Phi) is 9.09. The third-order valence-electron chi connectivity index (χ3n) is 5.16. The highest BCUT2D eigenvalue weighted by Gasteiger charge is 2.21. The van der Waals surface area contributed by atoms with Crippen LogP contribution in [0.2, 0.25) is 10.0 Å². The maximum absolute atomic E-state index is 13.1. The standard InChI is InChI=1S/C26H24Cl2N2O4S/c1-4-34-25(32)17-9-12-20(13-10-17)30(15-18-8-11-19(27)14-22(18)28)26(35)29-24(31)21-7-5-6-16(2)23(21)33-3/h5-14H,4,15H2,1-3H3,(H,29,31,35). The number of amides is 1. The molecule has 0 aliphatic heterocycles. The predicted molar refractivity (Wildman–Crippen MR) is 143 cm³/mol. The Morgan fingerprint density at radius 3 is 2.40 bits per heavy atom. The van der Waals surface area contributed by atoms with Gasteiger partial charge in [0.05, 0.1) is 31.4 Å². The Balaban J connectivity index is 1.93. The number of anilines is 1. The smallest absolute Gasteiger partial charge is 0.338 e. The Labute approximate surface area is 219 Å². The van der Waals surface area contributed by atoms with Gasteiger partial charge in [0.25, 0.3) is 5.91 Å². The molecule has 0 saturated carbocycles. The van der Waals surface area contributed by atoms with Crippen LogP contribution >= 0.6 is 35.4 Å². The molecule has 0 aromatic heterocycles. The Morgan fingerprint density at radius 2 is 1.77 bits per heavy atom. The summed E-state index contributed by atoms with van der Waals surface area (Å²) in [5.41, 5.74) is 2.97. The van der Waals surface area contributed by atoms with E-state index in [0.29, 0.717) is 32.6 Å². The second-order valence-electron chi connectivity index (χ2n) is 7.50. The van der Waals surface area contributed by atoms with Crippen molar-refractivity contribution in [3.8, 4) is 5.75 Å². The van der Waals surface area contributed by atoms with Crippen molar-refractivity contribution in [2.24, 2.45) is 0 Å². The molecule has 0 saturated heterocycles. The number of thiocarbonyl (C=S) groups is 1. The van der Waals surface area contributed by atoms with Crippen molar-refractivity contribution >= 4 is 58.1 Å². The van der Waals surface area contributed by atoms with Gasteiger partial charge < -0.3 is 14.4 Å². The lowest BCUT2D eigenvalue weighted by molar-refractivity contribution is 0.0526. The number of aryl methyl sites for hydroxylation is 1. The molecular weight excluding hydrogens is 507 g/mol. The van der Waals surface area contributed by atoms with E-state index in [2.05, 4.69) is 5.32 Å². The number of hydrogen-bond acceptors (Lipinski definition) is 5. The number of hydrogen-bond donors (Lipinski definition) is 1. The van der Waals surface area contributed by atoms with E-state index in [1.54, 1.807) is 66.4 Å². The summed E-state index contributed by atoms with van der Waals surface area (Å²) in [5, 5.41) is 3.89. The molecule has 9 heteroatoms. The molecular formula is C26H24Cl2N2O4S. The normalized spacial score (nSPS) is 10.4. The summed E-state index contributed by atoms with van der Waals surface area (Å²) in [6.45, 7) is 4.13. The predicted octanol–water partition coefficient (Wildman–Crippen LogP) is 6.21. The van der Waals surface area contributed by atoms with E-state index in [4.69, 9.17) is 44.9 Å². The van der Waals surface area contributed by atoms with Crippen LogP contribution in [0.3, 0.4) is 0 Å². The van der Waals surface area contributed by atoms with E-state index < -0.39 is 11.9 Å². The van der Waals surface area contributed by atoms with Gasteiger partial charge in [-0.2, -0.15) is 0 Å². The fraction of sp³-hybridized carbons (Fsp3) is 0.192. The number of benzene rings is 3. The number of rotatable bonds is 7. The van der Waals surface area contributed by atoms with Crippen LogP contribution in [0.5, 0.6) is 5.75 Å². The number of nitrogens with zero attached hydrogens (tertiary/aromatic N) is 1. The molecule has 0 atom stereocenters. The number of esters is 1. The third kappa shape index (κ3) is 6.51. The lowest BCUT2D eigenvalue weighted by Gasteiger charge is -2.26. The van der Waals surface area contributed by atoms with Crippen LogP contribution in [0.1, 0.15) is 38.8 Å². The van der Waals surface area contributed by atoms with Crippen LogP contribution in [0.15, 0.2) is 60.7 Å². The zero-order chi connectivity index (χ0) is 25.5. The van der Waals surface area contributed by atoms with Gasteiger partial charge in [0.1, 0.15) is 5.75 Å². The lowest BCUT2D eigenvalue weighted by Crippen LogP contribution is -2.42. The number of halogens is 2. The van der Waals surface area contributed by atoms with E-state index in [0.717, 1.165) is 11.1 Å². The van der Waals surface area contributed by atoms with Crippen LogP contribution in [0.25, 0.3) is 0 Å². The molecule has 0 aliphatic rings. The molecule has 3 aromatic carbocycles. The maximum atomic E-state index is 13.1. The molecule has 0 unspecified atom stereocenters. The van der Waals surface area contributed by atoms with Gasteiger partial charge in [0.2, 0.25) is 0 Å². The highest BCUT2D eigenvalue weighted by molar-refractivity contribution is 7.80. The molecule has 182 valence electrons. The molecule has 3 rings (SSSR count). The number of carbonyl (C=O) groups excluding carboxylic acids is 2. The summed E-state index contributed by atoms with van der Waals surface area (Å²) < 4.78 is 10.5. The highest BCUT2D eigenvalue weighted by Crippen LogP contribution is 2.26. The lowest BCUT2D eigenvalue weighted by atomic mass is 10.1.